The summed E-state index contributed by atoms with van der Waals surface area (Å²) in [4.78, 5) is 20.3. The number of benzene rings is 1. The number of aromatic nitrogens is 3. The van der Waals surface area contributed by atoms with E-state index in [1.54, 1.807) is 17.9 Å². The molecule has 2 aromatic heterocycles. The second kappa shape index (κ2) is 6.15. The number of nitrogens with zero attached hydrogens (tertiary/aromatic N) is 3. The van der Waals surface area contributed by atoms with Gasteiger partial charge in [-0.25, -0.2) is 14.4 Å². The maximum absolute atomic E-state index is 13.3. The van der Waals surface area contributed by atoms with Crippen molar-refractivity contribution in [1.82, 2.24) is 19.9 Å². The third-order valence-electron chi connectivity index (χ3n) is 3.60. The molecule has 0 saturated heterocycles. The average molecular weight is 352 g/mol. The molecule has 2 heterocycles. The first kappa shape index (κ1) is 16.9. The van der Waals surface area contributed by atoms with Crippen molar-refractivity contribution >= 4 is 17.1 Å². The molecular weight excluding hydrogens is 340 g/mol. The molecular formula is C16H12F4N4O. The van der Waals surface area contributed by atoms with Crippen molar-refractivity contribution in [2.75, 3.05) is 0 Å². The number of rotatable bonds is 3. The first-order valence-electron chi connectivity index (χ1n) is 7.16. The van der Waals surface area contributed by atoms with Gasteiger partial charge in [0.2, 0.25) is 0 Å². The van der Waals surface area contributed by atoms with Crippen LogP contribution in [0, 0.1) is 5.82 Å². The van der Waals surface area contributed by atoms with Gasteiger partial charge in [0.1, 0.15) is 11.3 Å². The van der Waals surface area contributed by atoms with Crippen LogP contribution in [-0.2, 0) is 19.8 Å². The van der Waals surface area contributed by atoms with E-state index >= 15 is 0 Å². The highest BCUT2D eigenvalue weighted by molar-refractivity contribution is 5.96. The summed E-state index contributed by atoms with van der Waals surface area (Å²) in [5, 5.41) is 2.48. The van der Waals surface area contributed by atoms with E-state index in [1.165, 1.54) is 18.3 Å². The number of carbonyl (C=O) groups excluding carboxylic acids is 1. The fourth-order valence-corrected chi connectivity index (χ4v) is 2.32. The minimum Gasteiger partial charge on any atom is -0.348 e. The summed E-state index contributed by atoms with van der Waals surface area (Å²) < 4.78 is 53.0. The highest BCUT2D eigenvalue weighted by atomic mass is 19.4. The van der Waals surface area contributed by atoms with Crippen molar-refractivity contribution in [3.63, 3.8) is 0 Å². The van der Waals surface area contributed by atoms with Gasteiger partial charge in [0.15, 0.2) is 5.65 Å². The lowest BCUT2D eigenvalue weighted by Crippen LogP contribution is -2.23. The highest BCUT2D eigenvalue weighted by Crippen LogP contribution is 2.31. The first-order chi connectivity index (χ1) is 11.8. The molecule has 0 atom stereocenters. The van der Waals surface area contributed by atoms with E-state index < -0.39 is 23.5 Å². The van der Waals surface area contributed by atoms with Crippen LogP contribution < -0.4 is 5.32 Å². The van der Waals surface area contributed by atoms with E-state index in [9.17, 15) is 22.4 Å². The number of aryl methyl sites for hydroxylation is 1. The molecule has 1 aromatic carbocycles. The Bertz CT molecular complexity index is 949. The standard InChI is InChI=1S/C16H12F4N4O/c1-24-8-23-13-5-10(7-21-14(13)24)15(25)22-6-9-2-3-12(17)11(4-9)16(18,19)20/h2-5,7-8H,6H2,1H3,(H,22,25). The van der Waals surface area contributed by atoms with E-state index in [4.69, 9.17) is 0 Å². The Balaban J connectivity index is 1.75. The van der Waals surface area contributed by atoms with Crippen LogP contribution in [0.1, 0.15) is 21.5 Å². The summed E-state index contributed by atoms with van der Waals surface area (Å²) in [5.74, 6) is -1.87. The van der Waals surface area contributed by atoms with Crippen LogP contribution in [0.4, 0.5) is 17.6 Å². The Hall–Kier alpha value is -2.97. The van der Waals surface area contributed by atoms with E-state index in [1.807, 2.05) is 0 Å². The van der Waals surface area contributed by atoms with Crippen molar-refractivity contribution in [3.05, 3.63) is 59.3 Å². The highest BCUT2D eigenvalue weighted by Gasteiger charge is 2.34. The summed E-state index contributed by atoms with van der Waals surface area (Å²) in [6.45, 7) is -0.178. The number of hydrogen-bond donors (Lipinski definition) is 1. The normalized spacial score (nSPS) is 11.7. The Morgan fingerprint density at radius 3 is 2.72 bits per heavy atom. The van der Waals surface area contributed by atoms with E-state index in [0.717, 1.165) is 6.07 Å². The number of pyridine rings is 1. The maximum atomic E-state index is 13.3. The lowest BCUT2D eigenvalue weighted by atomic mass is 10.1. The van der Waals surface area contributed by atoms with Crippen molar-refractivity contribution in [1.29, 1.82) is 0 Å². The molecule has 0 aliphatic carbocycles. The molecule has 0 aliphatic heterocycles. The van der Waals surface area contributed by atoms with Crippen LogP contribution in [0.15, 0.2) is 36.8 Å². The van der Waals surface area contributed by atoms with Gasteiger partial charge in [-0.1, -0.05) is 6.07 Å². The summed E-state index contributed by atoms with van der Waals surface area (Å²) in [6.07, 6.45) is -1.89. The smallest absolute Gasteiger partial charge is 0.348 e. The van der Waals surface area contributed by atoms with Gasteiger partial charge in [-0.2, -0.15) is 13.2 Å². The second-order valence-electron chi connectivity index (χ2n) is 5.42. The lowest BCUT2D eigenvalue weighted by Gasteiger charge is -2.11. The minimum absolute atomic E-state index is 0.133. The second-order valence-corrected chi connectivity index (χ2v) is 5.42. The van der Waals surface area contributed by atoms with Crippen LogP contribution in [0.3, 0.4) is 0 Å². The van der Waals surface area contributed by atoms with Gasteiger partial charge in [-0.15, -0.1) is 0 Å². The average Bonchev–Trinajstić information content (AvgIpc) is 2.93. The Morgan fingerprint density at radius 2 is 2.00 bits per heavy atom. The molecule has 9 heteroatoms. The quantitative estimate of drug-likeness (QED) is 0.737. The fraction of sp³-hybridized carbons (Fsp3) is 0.188. The van der Waals surface area contributed by atoms with Gasteiger partial charge < -0.3 is 9.88 Å². The largest absolute Gasteiger partial charge is 0.419 e. The number of carbonyl (C=O) groups is 1. The summed E-state index contributed by atoms with van der Waals surface area (Å²) in [6, 6.07) is 4.12. The Kier molecular flexibility index (Phi) is 4.15. The first-order valence-corrected chi connectivity index (χ1v) is 7.16. The molecule has 130 valence electrons. The van der Waals surface area contributed by atoms with Crippen LogP contribution in [0.5, 0.6) is 0 Å². The van der Waals surface area contributed by atoms with Crippen LogP contribution in [0.2, 0.25) is 0 Å². The molecule has 0 radical (unpaired) electrons. The molecule has 3 aromatic rings. The maximum Gasteiger partial charge on any atom is 0.419 e. The number of hydrogen-bond acceptors (Lipinski definition) is 3. The van der Waals surface area contributed by atoms with Gasteiger partial charge in [0.25, 0.3) is 5.91 Å². The predicted octanol–water partition coefficient (Wildman–Crippen LogP) is 3.06. The van der Waals surface area contributed by atoms with Crippen molar-refractivity contribution < 1.29 is 22.4 Å². The third kappa shape index (κ3) is 3.44. The molecule has 1 amide bonds. The molecule has 0 unspecified atom stereocenters. The number of fused-ring (bicyclic) bond motifs is 1. The molecule has 0 fully saturated rings. The molecule has 25 heavy (non-hydrogen) atoms. The van der Waals surface area contributed by atoms with Gasteiger partial charge in [-0.3, -0.25) is 4.79 Å². The zero-order chi connectivity index (χ0) is 18.2. The lowest BCUT2D eigenvalue weighted by molar-refractivity contribution is -0.140. The Labute approximate surface area is 139 Å². The molecule has 0 spiro atoms. The third-order valence-corrected chi connectivity index (χ3v) is 3.60. The van der Waals surface area contributed by atoms with Crippen LogP contribution in [-0.4, -0.2) is 20.4 Å². The SMILES string of the molecule is Cn1cnc2cc(C(=O)NCc3ccc(F)c(C(F)(F)F)c3)cnc21. The van der Waals surface area contributed by atoms with Crippen LogP contribution in [0.25, 0.3) is 11.2 Å². The molecule has 1 N–H and O–H groups in total. The summed E-state index contributed by atoms with van der Waals surface area (Å²) in [5.41, 5.74) is 0.121. The van der Waals surface area contributed by atoms with Gasteiger partial charge >= 0.3 is 6.18 Å². The summed E-state index contributed by atoms with van der Waals surface area (Å²) >= 11 is 0. The zero-order valence-electron chi connectivity index (χ0n) is 12.9. The zero-order valence-corrected chi connectivity index (χ0v) is 12.9. The van der Waals surface area contributed by atoms with Crippen molar-refractivity contribution in [2.45, 2.75) is 12.7 Å². The molecule has 0 saturated carbocycles. The van der Waals surface area contributed by atoms with Crippen LogP contribution >= 0.6 is 0 Å². The van der Waals surface area contributed by atoms with E-state index in [2.05, 4.69) is 15.3 Å². The molecule has 5 nitrogen and oxygen atoms in total. The van der Waals surface area contributed by atoms with Crippen molar-refractivity contribution in [2.24, 2.45) is 7.05 Å². The number of halogens is 4. The van der Waals surface area contributed by atoms with Crippen molar-refractivity contribution in [3.8, 4) is 0 Å². The van der Waals surface area contributed by atoms with E-state index in [0.29, 0.717) is 17.2 Å². The number of alkyl halides is 3. The fourth-order valence-electron chi connectivity index (χ4n) is 2.32. The number of nitrogens with one attached hydrogen (secondary N) is 1. The molecule has 3 rings (SSSR count). The summed E-state index contributed by atoms with van der Waals surface area (Å²) in [7, 11) is 1.76. The monoisotopic (exact) mass is 352 g/mol. The Morgan fingerprint density at radius 1 is 1.24 bits per heavy atom. The predicted molar refractivity (Wildman–Crippen MR) is 81.1 cm³/mol. The number of imidazole rings is 1. The van der Waals surface area contributed by atoms with E-state index in [-0.39, 0.29) is 17.7 Å². The topological polar surface area (TPSA) is 59.8 Å². The van der Waals surface area contributed by atoms with Gasteiger partial charge in [-0.05, 0) is 23.8 Å². The molecule has 0 aliphatic rings. The van der Waals surface area contributed by atoms with Gasteiger partial charge in [0, 0.05) is 19.8 Å². The minimum atomic E-state index is -4.79. The van der Waals surface area contributed by atoms with Gasteiger partial charge in [0.05, 0.1) is 17.5 Å². The number of amides is 1. The molecule has 0 bridgehead atoms.